The molecular weight excluding hydrogens is 198 g/mol. The Morgan fingerprint density at radius 3 is 2.64 bits per heavy atom. The lowest BCUT2D eigenvalue weighted by Gasteiger charge is -2.09. The van der Waals surface area contributed by atoms with Crippen molar-refractivity contribution in [2.45, 2.75) is 19.2 Å². The van der Waals surface area contributed by atoms with E-state index in [1.807, 2.05) is 13.0 Å². The fraction of sp³-hybridized carbons (Fsp3) is 0.273. The highest BCUT2D eigenvalue weighted by atomic mass is 35.5. The Hall–Kier alpha value is -1.33. The minimum absolute atomic E-state index is 0.0838. The zero-order chi connectivity index (χ0) is 10.7. The number of alkyl halides is 1. The summed E-state index contributed by atoms with van der Waals surface area (Å²) in [5.74, 6) is -0.0838. The maximum Gasteiger partial charge on any atom is 0.152 e. The first-order valence-electron chi connectivity index (χ1n) is 4.21. The summed E-state index contributed by atoms with van der Waals surface area (Å²) in [6.45, 7) is 3.30. The van der Waals surface area contributed by atoms with Gasteiger partial charge in [-0.3, -0.25) is 4.79 Å². The van der Waals surface area contributed by atoms with Gasteiger partial charge in [-0.2, -0.15) is 5.26 Å². The van der Waals surface area contributed by atoms with Crippen molar-refractivity contribution in [3.8, 4) is 6.07 Å². The van der Waals surface area contributed by atoms with Gasteiger partial charge in [0.1, 0.15) is 5.38 Å². The van der Waals surface area contributed by atoms with Gasteiger partial charge in [-0.15, -0.1) is 11.6 Å². The quantitative estimate of drug-likeness (QED) is 0.700. The summed E-state index contributed by atoms with van der Waals surface area (Å²) in [5.41, 5.74) is 2.23. The molecule has 14 heavy (non-hydrogen) atoms. The molecule has 0 heterocycles. The van der Waals surface area contributed by atoms with Crippen LogP contribution in [0.2, 0.25) is 0 Å². The minimum Gasteiger partial charge on any atom is -0.298 e. The van der Waals surface area contributed by atoms with E-state index < -0.39 is 5.38 Å². The minimum atomic E-state index is -0.609. The van der Waals surface area contributed by atoms with Crippen molar-refractivity contribution in [3.63, 3.8) is 0 Å². The second-order valence-electron chi connectivity index (χ2n) is 3.16. The molecule has 0 N–H and O–H groups in total. The predicted octanol–water partition coefficient (Wildman–Crippen LogP) is 2.74. The maximum absolute atomic E-state index is 11.1. The Balaban J connectivity index is 3.13. The zero-order valence-corrected chi connectivity index (χ0v) is 8.80. The lowest BCUT2D eigenvalue weighted by Crippen LogP contribution is -2.03. The van der Waals surface area contributed by atoms with Crippen LogP contribution in [0.5, 0.6) is 0 Å². The van der Waals surface area contributed by atoms with E-state index in [9.17, 15) is 4.79 Å². The first kappa shape index (κ1) is 10.7. The van der Waals surface area contributed by atoms with Crippen LogP contribution in [0.1, 0.15) is 29.0 Å². The molecule has 1 rings (SSSR count). The van der Waals surface area contributed by atoms with Gasteiger partial charge in [0.05, 0.1) is 11.6 Å². The average molecular weight is 208 g/mol. The van der Waals surface area contributed by atoms with Crippen molar-refractivity contribution in [1.29, 1.82) is 5.26 Å². The second kappa shape index (κ2) is 4.26. The van der Waals surface area contributed by atoms with Crippen LogP contribution >= 0.6 is 11.6 Å². The first-order valence-corrected chi connectivity index (χ1v) is 4.65. The standard InChI is InChI=1S/C11H10ClNO/c1-7-5-9(6-13)3-4-10(7)11(12)8(2)14/h3-5,11H,1-2H3. The molecule has 1 aromatic carbocycles. The fourth-order valence-corrected chi connectivity index (χ4v) is 1.49. The van der Waals surface area contributed by atoms with E-state index in [1.54, 1.807) is 18.2 Å². The third-order valence-corrected chi connectivity index (χ3v) is 2.57. The summed E-state index contributed by atoms with van der Waals surface area (Å²) >= 11 is 5.91. The molecular formula is C11H10ClNO. The lowest BCUT2D eigenvalue weighted by atomic mass is 10.0. The molecule has 0 radical (unpaired) electrons. The number of nitriles is 1. The van der Waals surface area contributed by atoms with Gasteiger partial charge in [0.15, 0.2) is 5.78 Å². The summed E-state index contributed by atoms with van der Waals surface area (Å²) in [5, 5.41) is 8.04. The number of hydrogen-bond acceptors (Lipinski definition) is 2. The van der Waals surface area contributed by atoms with Gasteiger partial charge in [0.25, 0.3) is 0 Å². The smallest absolute Gasteiger partial charge is 0.152 e. The average Bonchev–Trinajstić information content (AvgIpc) is 2.16. The van der Waals surface area contributed by atoms with E-state index in [-0.39, 0.29) is 5.78 Å². The normalized spacial score (nSPS) is 11.9. The molecule has 2 nitrogen and oxygen atoms in total. The highest BCUT2D eigenvalue weighted by Gasteiger charge is 2.15. The summed E-state index contributed by atoms with van der Waals surface area (Å²) in [6, 6.07) is 7.16. The topological polar surface area (TPSA) is 40.9 Å². The monoisotopic (exact) mass is 207 g/mol. The van der Waals surface area contributed by atoms with Gasteiger partial charge >= 0.3 is 0 Å². The molecule has 72 valence electrons. The van der Waals surface area contributed by atoms with Crippen LogP contribution in [-0.4, -0.2) is 5.78 Å². The van der Waals surface area contributed by atoms with Crippen molar-refractivity contribution in [2.24, 2.45) is 0 Å². The number of aryl methyl sites for hydroxylation is 1. The van der Waals surface area contributed by atoms with E-state index in [4.69, 9.17) is 16.9 Å². The predicted molar refractivity (Wildman–Crippen MR) is 55.2 cm³/mol. The summed E-state index contributed by atoms with van der Waals surface area (Å²) < 4.78 is 0. The van der Waals surface area contributed by atoms with Crippen LogP contribution in [0.15, 0.2) is 18.2 Å². The molecule has 0 aromatic heterocycles. The Morgan fingerprint density at radius 1 is 1.57 bits per heavy atom. The molecule has 0 aliphatic heterocycles. The van der Waals surface area contributed by atoms with E-state index in [0.717, 1.165) is 11.1 Å². The first-order chi connectivity index (χ1) is 6.56. The van der Waals surface area contributed by atoms with Crippen LogP contribution in [0.3, 0.4) is 0 Å². The summed E-state index contributed by atoms with van der Waals surface area (Å²) in [6.07, 6.45) is 0. The molecule has 0 fully saturated rings. The number of carbonyl (C=O) groups is 1. The third kappa shape index (κ3) is 2.12. The SMILES string of the molecule is CC(=O)C(Cl)c1ccc(C#N)cc1C. The number of benzene rings is 1. The van der Waals surface area contributed by atoms with E-state index in [0.29, 0.717) is 5.56 Å². The van der Waals surface area contributed by atoms with Crippen LogP contribution in [-0.2, 0) is 4.79 Å². The van der Waals surface area contributed by atoms with E-state index in [1.165, 1.54) is 6.92 Å². The molecule has 0 saturated heterocycles. The van der Waals surface area contributed by atoms with Gasteiger partial charge < -0.3 is 0 Å². The second-order valence-corrected chi connectivity index (χ2v) is 3.59. The van der Waals surface area contributed by atoms with Crippen molar-refractivity contribution in [1.82, 2.24) is 0 Å². The molecule has 0 bridgehead atoms. The van der Waals surface area contributed by atoms with E-state index >= 15 is 0 Å². The molecule has 0 aliphatic carbocycles. The van der Waals surface area contributed by atoms with Crippen molar-refractivity contribution < 1.29 is 4.79 Å². The number of ketones is 1. The van der Waals surface area contributed by atoms with E-state index in [2.05, 4.69) is 0 Å². The largest absolute Gasteiger partial charge is 0.298 e. The number of nitrogens with zero attached hydrogens (tertiary/aromatic N) is 1. The van der Waals surface area contributed by atoms with Crippen molar-refractivity contribution in [2.75, 3.05) is 0 Å². The Morgan fingerprint density at radius 2 is 2.21 bits per heavy atom. The van der Waals surface area contributed by atoms with Crippen LogP contribution in [0, 0.1) is 18.3 Å². The molecule has 0 saturated carbocycles. The molecule has 1 aromatic rings. The fourth-order valence-electron chi connectivity index (χ4n) is 1.25. The Labute approximate surface area is 88.1 Å². The summed E-state index contributed by atoms with van der Waals surface area (Å²) in [7, 11) is 0. The Kier molecular flexibility index (Phi) is 3.27. The number of halogens is 1. The number of hydrogen-bond donors (Lipinski definition) is 0. The number of rotatable bonds is 2. The zero-order valence-electron chi connectivity index (χ0n) is 8.04. The number of Topliss-reactive ketones (excluding diaryl/α,β-unsaturated/α-hetero) is 1. The third-order valence-electron chi connectivity index (χ3n) is 2.03. The maximum atomic E-state index is 11.1. The lowest BCUT2D eigenvalue weighted by molar-refractivity contribution is -0.116. The summed E-state index contributed by atoms with van der Waals surface area (Å²) in [4.78, 5) is 11.1. The van der Waals surface area contributed by atoms with Crippen LogP contribution in [0.25, 0.3) is 0 Å². The van der Waals surface area contributed by atoms with Gasteiger partial charge in [0, 0.05) is 0 Å². The molecule has 0 aliphatic rings. The van der Waals surface area contributed by atoms with Gasteiger partial charge in [-0.05, 0) is 37.1 Å². The highest BCUT2D eigenvalue weighted by molar-refractivity contribution is 6.30. The van der Waals surface area contributed by atoms with Crippen LogP contribution < -0.4 is 0 Å². The van der Waals surface area contributed by atoms with Crippen molar-refractivity contribution >= 4 is 17.4 Å². The highest BCUT2D eigenvalue weighted by Crippen LogP contribution is 2.25. The Bertz CT molecular complexity index is 406. The molecule has 3 heteroatoms. The number of carbonyl (C=O) groups excluding carboxylic acids is 1. The van der Waals surface area contributed by atoms with Gasteiger partial charge in [-0.25, -0.2) is 0 Å². The molecule has 1 unspecified atom stereocenters. The van der Waals surface area contributed by atoms with Crippen LogP contribution in [0.4, 0.5) is 0 Å². The van der Waals surface area contributed by atoms with Crippen molar-refractivity contribution in [3.05, 3.63) is 34.9 Å². The van der Waals surface area contributed by atoms with Gasteiger partial charge in [0.2, 0.25) is 0 Å². The molecule has 0 spiro atoms. The van der Waals surface area contributed by atoms with Gasteiger partial charge in [-0.1, -0.05) is 6.07 Å². The molecule has 0 amide bonds. The molecule has 1 atom stereocenters.